The number of hydrogen-bond acceptors (Lipinski definition) is 10. The van der Waals surface area contributed by atoms with E-state index in [4.69, 9.17) is 5.73 Å². The highest BCUT2D eigenvalue weighted by Gasteiger charge is 2.42. The quantitative estimate of drug-likeness (QED) is 0.216. The first-order valence-corrected chi connectivity index (χ1v) is 13.5. The van der Waals surface area contributed by atoms with Crippen LogP contribution in [0.5, 0.6) is 0 Å². The zero-order chi connectivity index (χ0) is 28.9. The number of nitrogens with zero attached hydrogens (tertiary/aromatic N) is 4. The largest absolute Gasteiger partial charge is 0.480 e. The van der Waals surface area contributed by atoms with Crippen LogP contribution in [0.2, 0.25) is 0 Å². The Balaban J connectivity index is 1.31. The molecular formula is C26H31FN8O4S. The molecule has 1 aliphatic rings. The summed E-state index contributed by atoms with van der Waals surface area (Å²) < 4.78 is 14.4. The number of nitrogens with two attached hydrogens (primary N) is 1. The maximum absolute atomic E-state index is 14.4. The Hall–Kier alpha value is -4.04. The number of pyridine rings is 1. The number of aliphatic carboxylic acids is 1. The summed E-state index contributed by atoms with van der Waals surface area (Å²) in [6.07, 6.45) is 5.42. The van der Waals surface area contributed by atoms with Crippen LogP contribution in [0.15, 0.2) is 36.7 Å². The Morgan fingerprint density at radius 2 is 2.00 bits per heavy atom. The maximum atomic E-state index is 14.4. The lowest BCUT2D eigenvalue weighted by Crippen LogP contribution is -2.57. The van der Waals surface area contributed by atoms with Crippen molar-refractivity contribution in [3.05, 3.63) is 53.0 Å². The molecule has 0 bridgehead atoms. The number of rotatable bonds is 12. The smallest absolute Gasteiger partial charge is 0.329 e. The highest BCUT2D eigenvalue weighted by Crippen LogP contribution is 2.43. The molecular weight excluding hydrogens is 539 g/mol. The molecule has 2 atom stereocenters. The molecule has 3 aromatic heterocycles. The van der Waals surface area contributed by atoms with E-state index in [-0.39, 0.29) is 17.8 Å². The number of amides is 2. The van der Waals surface area contributed by atoms with Gasteiger partial charge in [-0.3, -0.25) is 14.6 Å². The highest BCUT2D eigenvalue weighted by atomic mass is 32.1. The summed E-state index contributed by atoms with van der Waals surface area (Å²) in [4.78, 5) is 45.3. The number of carbonyl (C=O) groups is 3. The van der Waals surface area contributed by atoms with Crippen LogP contribution in [0, 0.1) is 5.82 Å². The van der Waals surface area contributed by atoms with E-state index in [1.807, 2.05) is 0 Å². The minimum absolute atomic E-state index is 0.118. The van der Waals surface area contributed by atoms with Crippen LogP contribution in [-0.4, -0.2) is 61.2 Å². The monoisotopic (exact) mass is 570 g/mol. The van der Waals surface area contributed by atoms with Crippen LogP contribution >= 0.6 is 11.3 Å². The predicted molar refractivity (Wildman–Crippen MR) is 146 cm³/mol. The molecule has 40 heavy (non-hydrogen) atoms. The van der Waals surface area contributed by atoms with Crippen LogP contribution in [0.3, 0.4) is 0 Å². The standard InChI is InChI=1S/C26H31FN8O4S/c1-15(28)22(37)33-25(2,24(38)39)11-20(36)30-12-16-13-31-23(40-16)18-6-7-19(35-34-18)32-14-26(8-4-9-26)21-17(27)5-3-10-29-21/h3,5-7,10,13,15H,4,8-9,11-12,14,28H2,1-2H3,(H,30,36)(H,32,35)(H,33,37)(H,38,39)/t15-,25-/m0/s1. The van der Waals surface area contributed by atoms with E-state index in [9.17, 15) is 23.9 Å². The lowest BCUT2D eigenvalue weighted by molar-refractivity contribution is -0.149. The van der Waals surface area contributed by atoms with Gasteiger partial charge in [0, 0.05) is 29.2 Å². The third-order valence-corrected chi connectivity index (χ3v) is 7.89. The first-order valence-electron chi connectivity index (χ1n) is 12.7. The first-order chi connectivity index (χ1) is 19.0. The zero-order valence-electron chi connectivity index (χ0n) is 22.1. The van der Waals surface area contributed by atoms with Crippen molar-refractivity contribution in [1.29, 1.82) is 0 Å². The molecule has 0 radical (unpaired) electrons. The van der Waals surface area contributed by atoms with Gasteiger partial charge in [0.25, 0.3) is 0 Å². The summed E-state index contributed by atoms with van der Waals surface area (Å²) >= 11 is 1.30. The molecule has 12 nitrogen and oxygen atoms in total. The maximum Gasteiger partial charge on any atom is 0.329 e. The average Bonchev–Trinajstić information content (AvgIpc) is 3.37. The molecule has 3 aromatic rings. The van der Waals surface area contributed by atoms with E-state index < -0.39 is 35.8 Å². The van der Waals surface area contributed by atoms with Crippen molar-refractivity contribution in [2.75, 3.05) is 11.9 Å². The van der Waals surface area contributed by atoms with E-state index in [1.54, 1.807) is 30.6 Å². The van der Waals surface area contributed by atoms with E-state index in [1.165, 1.54) is 31.3 Å². The second-order valence-corrected chi connectivity index (χ2v) is 11.2. The molecule has 0 spiro atoms. The fourth-order valence-electron chi connectivity index (χ4n) is 4.31. The van der Waals surface area contributed by atoms with Crippen molar-refractivity contribution in [2.45, 2.75) is 63.1 Å². The van der Waals surface area contributed by atoms with Crippen molar-refractivity contribution in [3.8, 4) is 10.7 Å². The van der Waals surface area contributed by atoms with Gasteiger partial charge >= 0.3 is 5.97 Å². The van der Waals surface area contributed by atoms with Crippen molar-refractivity contribution >= 4 is 34.9 Å². The number of halogens is 1. The Morgan fingerprint density at radius 3 is 2.60 bits per heavy atom. The van der Waals surface area contributed by atoms with Crippen molar-refractivity contribution in [1.82, 2.24) is 30.8 Å². The van der Waals surface area contributed by atoms with Crippen LogP contribution in [-0.2, 0) is 26.3 Å². The normalized spacial score (nSPS) is 16.2. The summed E-state index contributed by atoms with van der Waals surface area (Å²) in [6.45, 7) is 3.28. The lowest BCUT2D eigenvalue weighted by Gasteiger charge is -2.41. The summed E-state index contributed by atoms with van der Waals surface area (Å²) in [7, 11) is 0. The number of hydrogen-bond donors (Lipinski definition) is 5. The van der Waals surface area contributed by atoms with Crippen LogP contribution < -0.4 is 21.7 Å². The molecule has 2 amide bonds. The number of anilines is 1. The number of thiazole rings is 1. The van der Waals surface area contributed by atoms with Gasteiger partial charge in [0.2, 0.25) is 11.8 Å². The van der Waals surface area contributed by atoms with Gasteiger partial charge in [-0.15, -0.1) is 21.5 Å². The molecule has 0 saturated heterocycles. The number of aromatic nitrogens is 4. The Bertz CT molecular complexity index is 1380. The van der Waals surface area contributed by atoms with Gasteiger partial charge in [-0.25, -0.2) is 14.2 Å². The Kier molecular flexibility index (Phi) is 8.69. The number of nitrogens with one attached hydrogen (secondary N) is 3. The van der Waals surface area contributed by atoms with Crippen LogP contribution in [0.4, 0.5) is 10.2 Å². The van der Waals surface area contributed by atoms with Gasteiger partial charge in [-0.2, -0.15) is 0 Å². The molecule has 0 aromatic carbocycles. The van der Waals surface area contributed by atoms with Gasteiger partial charge < -0.3 is 26.8 Å². The zero-order valence-corrected chi connectivity index (χ0v) is 22.9. The minimum Gasteiger partial charge on any atom is -0.480 e. The fraction of sp³-hybridized carbons (Fsp3) is 0.423. The van der Waals surface area contributed by atoms with Crippen molar-refractivity contribution < 1.29 is 23.9 Å². The third kappa shape index (κ3) is 6.57. The van der Waals surface area contributed by atoms with E-state index in [0.717, 1.165) is 19.3 Å². The molecule has 0 aliphatic heterocycles. The van der Waals surface area contributed by atoms with Crippen molar-refractivity contribution in [2.24, 2.45) is 5.73 Å². The van der Waals surface area contributed by atoms with E-state index in [0.29, 0.717) is 33.6 Å². The number of carbonyl (C=O) groups excluding carboxylic acids is 2. The summed E-state index contributed by atoms with van der Waals surface area (Å²) in [5.41, 5.74) is 4.34. The molecule has 1 saturated carbocycles. The van der Waals surface area contributed by atoms with Gasteiger partial charge in [-0.1, -0.05) is 6.42 Å². The molecule has 6 N–H and O–H groups in total. The van der Waals surface area contributed by atoms with Crippen LogP contribution in [0.25, 0.3) is 10.7 Å². The molecule has 0 unspecified atom stereocenters. The molecule has 4 rings (SSSR count). The molecule has 212 valence electrons. The number of carboxylic acid groups (broad SMARTS) is 1. The highest BCUT2D eigenvalue weighted by molar-refractivity contribution is 7.15. The topological polar surface area (TPSA) is 185 Å². The molecule has 3 heterocycles. The average molecular weight is 571 g/mol. The Morgan fingerprint density at radius 1 is 1.23 bits per heavy atom. The van der Waals surface area contributed by atoms with Crippen LogP contribution in [0.1, 0.15) is 50.1 Å². The molecule has 1 aliphatic carbocycles. The second-order valence-electron chi connectivity index (χ2n) is 10.1. The molecule has 1 fully saturated rings. The molecule has 14 heteroatoms. The predicted octanol–water partition coefficient (Wildman–Crippen LogP) is 1.98. The number of carboxylic acids is 1. The van der Waals surface area contributed by atoms with E-state index >= 15 is 0 Å². The van der Waals surface area contributed by atoms with Crippen molar-refractivity contribution in [3.63, 3.8) is 0 Å². The SMILES string of the molecule is C[C@H](N)C(=O)N[C@@](C)(CC(=O)NCc1cnc(-c2ccc(NCC3(c4ncccc4F)CCC3)nn2)s1)C(=O)O. The minimum atomic E-state index is -1.80. The van der Waals surface area contributed by atoms with E-state index in [2.05, 4.69) is 36.1 Å². The Labute approximate surface area is 234 Å². The van der Waals surface area contributed by atoms with Gasteiger partial charge in [0.05, 0.1) is 24.7 Å². The van der Waals surface area contributed by atoms with Gasteiger partial charge in [-0.05, 0) is 51.0 Å². The van der Waals surface area contributed by atoms with Gasteiger partial charge in [0.1, 0.15) is 27.9 Å². The lowest BCUT2D eigenvalue weighted by atomic mass is 9.66. The van der Waals surface area contributed by atoms with Gasteiger partial charge in [0.15, 0.2) is 0 Å². The summed E-state index contributed by atoms with van der Waals surface area (Å²) in [5, 5.41) is 26.8. The summed E-state index contributed by atoms with van der Waals surface area (Å²) in [5.74, 6) is -2.33. The second kappa shape index (κ2) is 12.0. The third-order valence-electron chi connectivity index (χ3n) is 6.88. The fourth-order valence-corrected chi connectivity index (χ4v) is 5.13. The first kappa shape index (κ1) is 29.0. The summed E-state index contributed by atoms with van der Waals surface area (Å²) in [6, 6.07) is 5.64.